The summed E-state index contributed by atoms with van der Waals surface area (Å²) in [5.41, 5.74) is 0.562. The fraction of sp³-hybridized carbons (Fsp3) is 0.400. The summed E-state index contributed by atoms with van der Waals surface area (Å²) in [7, 11) is 2.89. The fourth-order valence-electron chi connectivity index (χ4n) is 1.53. The molecular formula is C15H20O5. The molecule has 1 rings (SSSR count). The Kier molecular flexibility index (Phi) is 5.90. The second-order valence-corrected chi connectivity index (χ2v) is 4.60. The summed E-state index contributed by atoms with van der Waals surface area (Å²) in [6.45, 7) is 4.29. The third-order valence-corrected chi connectivity index (χ3v) is 2.51. The van der Waals surface area contributed by atoms with Gasteiger partial charge in [-0.25, -0.2) is 4.79 Å². The number of carbonyl (C=O) groups is 1. The topological polar surface area (TPSA) is 65.0 Å². The highest BCUT2D eigenvalue weighted by Crippen LogP contribution is 2.39. The smallest absolute Gasteiger partial charge is 0.330 e. The summed E-state index contributed by atoms with van der Waals surface area (Å²) in [6.07, 6.45) is 2.83. The summed E-state index contributed by atoms with van der Waals surface area (Å²) in [4.78, 5) is 11.5. The Morgan fingerprint density at radius 2 is 2.00 bits per heavy atom. The molecule has 0 saturated carbocycles. The monoisotopic (exact) mass is 280 g/mol. The van der Waals surface area contributed by atoms with Crippen molar-refractivity contribution in [1.82, 2.24) is 0 Å². The number of methoxy groups -OCH3 is 2. The molecule has 0 radical (unpaired) electrons. The maximum absolute atomic E-state index is 11.5. The zero-order chi connectivity index (χ0) is 15.1. The van der Waals surface area contributed by atoms with E-state index >= 15 is 0 Å². The molecule has 0 aliphatic heterocycles. The molecule has 5 heteroatoms. The van der Waals surface area contributed by atoms with Crippen LogP contribution in [0.4, 0.5) is 0 Å². The average Bonchev–Trinajstić information content (AvgIpc) is 2.42. The highest BCUT2D eigenvalue weighted by molar-refractivity contribution is 5.88. The molecule has 1 N–H and O–H groups in total. The summed E-state index contributed by atoms with van der Waals surface area (Å²) in [5.74, 6) is 0.300. The largest absolute Gasteiger partial charge is 0.502 e. The minimum absolute atomic E-state index is 0.104. The molecule has 0 saturated heterocycles. The number of rotatable bonds is 6. The van der Waals surface area contributed by atoms with Crippen molar-refractivity contribution < 1.29 is 24.1 Å². The standard InChI is InChI=1S/C15H20O5/c1-10(2)9-20-13(16)8-6-11-5-7-12(18-3)14(17)15(11)19-4/h5-8,10,17H,9H2,1-4H3. The maximum atomic E-state index is 11.5. The van der Waals surface area contributed by atoms with E-state index in [2.05, 4.69) is 0 Å². The van der Waals surface area contributed by atoms with Gasteiger partial charge in [-0.2, -0.15) is 0 Å². The molecule has 0 spiro atoms. The van der Waals surface area contributed by atoms with Gasteiger partial charge in [0, 0.05) is 11.6 Å². The van der Waals surface area contributed by atoms with Crippen LogP contribution >= 0.6 is 0 Å². The number of hydrogen-bond donors (Lipinski definition) is 1. The predicted molar refractivity (Wildman–Crippen MR) is 76.0 cm³/mol. The van der Waals surface area contributed by atoms with Gasteiger partial charge in [-0.05, 0) is 24.1 Å². The average molecular weight is 280 g/mol. The van der Waals surface area contributed by atoms with Gasteiger partial charge in [-0.15, -0.1) is 0 Å². The van der Waals surface area contributed by atoms with Gasteiger partial charge in [-0.1, -0.05) is 13.8 Å². The van der Waals surface area contributed by atoms with Crippen molar-refractivity contribution in [1.29, 1.82) is 0 Å². The molecule has 0 bridgehead atoms. The number of carbonyl (C=O) groups excluding carboxylic acids is 1. The quantitative estimate of drug-likeness (QED) is 0.641. The van der Waals surface area contributed by atoms with Gasteiger partial charge >= 0.3 is 5.97 Å². The second kappa shape index (κ2) is 7.43. The molecule has 0 amide bonds. The van der Waals surface area contributed by atoms with Crippen LogP contribution < -0.4 is 9.47 Å². The zero-order valence-corrected chi connectivity index (χ0v) is 12.2. The minimum Gasteiger partial charge on any atom is -0.502 e. The highest BCUT2D eigenvalue weighted by Gasteiger charge is 2.12. The number of hydrogen-bond acceptors (Lipinski definition) is 5. The number of benzene rings is 1. The summed E-state index contributed by atoms with van der Waals surface area (Å²) >= 11 is 0. The minimum atomic E-state index is -0.434. The van der Waals surface area contributed by atoms with E-state index in [0.717, 1.165) is 0 Å². The van der Waals surface area contributed by atoms with Crippen LogP contribution in [0.3, 0.4) is 0 Å². The molecule has 0 aromatic heterocycles. The number of esters is 1. The van der Waals surface area contributed by atoms with Crippen molar-refractivity contribution in [3.05, 3.63) is 23.8 Å². The lowest BCUT2D eigenvalue weighted by Crippen LogP contribution is -2.07. The number of phenolic OH excluding ortho intramolecular Hbond substituents is 1. The number of ether oxygens (including phenoxy) is 3. The Morgan fingerprint density at radius 3 is 2.55 bits per heavy atom. The van der Waals surface area contributed by atoms with Crippen molar-refractivity contribution in [3.8, 4) is 17.2 Å². The van der Waals surface area contributed by atoms with E-state index in [0.29, 0.717) is 17.9 Å². The van der Waals surface area contributed by atoms with E-state index in [9.17, 15) is 9.90 Å². The third kappa shape index (κ3) is 4.19. The normalized spacial score (nSPS) is 10.8. The first-order valence-electron chi connectivity index (χ1n) is 6.28. The van der Waals surface area contributed by atoms with Crippen LogP contribution in [0.5, 0.6) is 17.2 Å². The Labute approximate surface area is 118 Å². The van der Waals surface area contributed by atoms with Crippen molar-refractivity contribution >= 4 is 12.0 Å². The van der Waals surface area contributed by atoms with Crippen LogP contribution in [0.25, 0.3) is 6.08 Å². The molecule has 0 atom stereocenters. The SMILES string of the molecule is COc1ccc(C=CC(=O)OCC(C)C)c(OC)c1O. The first kappa shape index (κ1) is 15.9. The lowest BCUT2D eigenvalue weighted by molar-refractivity contribution is -0.138. The molecule has 0 heterocycles. The van der Waals surface area contributed by atoms with Crippen LogP contribution in [0.15, 0.2) is 18.2 Å². The first-order valence-corrected chi connectivity index (χ1v) is 6.28. The lowest BCUT2D eigenvalue weighted by Gasteiger charge is -2.10. The van der Waals surface area contributed by atoms with Crippen molar-refractivity contribution in [2.75, 3.05) is 20.8 Å². The Hall–Kier alpha value is -2.17. The molecule has 0 unspecified atom stereocenters. The van der Waals surface area contributed by atoms with E-state index in [1.165, 1.54) is 26.4 Å². The van der Waals surface area contributed by atoms with Crippen LogP contribution in [0.2, 0.25) is 0 Å². The van der Waals surface area contributed by atoms with Crippen LogP contribution in [0, 0.1) is 5.92 Å². The fourth-order valence-corrected chi connectivity index (χ4v) is 1.53. The molecule has 0 fully saturated rings. The van der Waals surface area contributed by atoms with Crippen LogP contribution in [-0.2, 0) is 9.53 Å². The van der Waals surface area contributed by atoms with E-state index in [-0.39, 0.29) is 17.4 Å². The van der Waals surface area contributed by atoms with Crippen LogP contribution in [0.1, 0.15) is 19.4 Å². The molecule has 20 heavy (non-hydrogen) atoms. The summed E-state index contributed by atoms with van der Waals surface area (Å²) < 4.78 is 15.1. The van der Waals surface area contributed by atoms with Gasteiger partial charge in [0.25, 0.3) is 0 Å². The Bertz CT molecular complexity index is 491. The van der Waals surface area contributed by atoms with E-state index in [4.69, 9.17) is 14.2 Å². The number of phenols is 1. The lowest BCUT2D eigenvalue weighted by atomic mass is 10.1. The third-order valence-electron chi connectivity index (χ3n) is 2.51. The number of aromatic hydroxyl groups is 1. The predicted octanol–water partition coefficient (Wildman–Crippen LogP) is 2.62. The van der Waals surface area contributed by atoms with Gasteiger partial charge in [-0.3, -0.25) is 0 Å². The van der Waals surface area contributed by atoms with Gasteiger partial charge < -0.3 is 19.3 Å². The summed E-state index contributed by atoms with van der Waals surface area (Å²) in [5, 5.41) is 9.91. The van der Waals surface area contributed by atoms with E-state index < -0.39 is 5.97 Å². The van der Waals surface area contributed by atoms with E-state index in [1.807, 2.05) is 13.8 Å². The molecule has 1 aromatic rings. The van der Waals surface area contributed by atoms with E-state index in [1.54, 1.807) is 12.1 Å². The molecule has 1 aromatic carbocycles. The zero-order valence-electron chi connectivity index (χ0n) is 12.2. The summed E-state index contributed by atoms with van der Waals surface area (Å²) in [6, 6.07) is 3.28. The molecule has 5 nitrogen and oxygen atoms in total. The Morgan fingerprint density at radius 1 is 1.30 bits per heavy atom. The second-order valence-electron chi connectivity index (χ2n) is 4.60. The molecule has 110 valence electrons. The molecule has 0 aliphatic carbocycles. The van der Waals surface area contributed by atoms with Gasteiger partial charge in [0.1, 0.15) is 0 Å². The molecule has 0 aliphatic rings. The van der Waals surface area contributed by atoms with Crippen molar-refractivity contribution in [2.45, 2.75) is 13.8 Å². The van der Waals surface area contributed by atoms with Gasteiger partial charge in [0.2, 0.25) is 5.75 Å². The Balaban J connectivity index is 2.87. The van der Waals surface area contributed by atoms with Crippen molar-refractivity contribution in [2.24, 2.45) is 5.92 Å². The van der Waals surface area contributed by atoms with Crippen LogP contribution in [-0.4, -0.2) is 31.9 Å². The highest BCUT2D eigenvalue weighted by atomic mass is 16.5. The molecular weight excluding hydrogens is 260 g/mol. The maximum Gasteiger partial charge on any atom is 0.330 e. The first-order chi connectivity index (χ1) is 9.49. The van der Waals surface area contributed by atoms with Crippen molar-refractivity contribution in [3.63, 3.8) is 0 Å². The van der Waals surface area contributed by atoms with Gasteiger partial charge in [0.05, 0.1) is 20.8 Å². The van der Waals surface area contributed by atoms with Gasteiger partial charge in [0.15, 0.2) is 11.5 Å².